The van der Waals surface area contributed by atoms with E-state index in [0.717, 1.165) is 12.2 Å². The molecule has 1 unspecified atom stereocenters. The second-order valence-corrected chi connectivity index (χ2v) is 5.42. The molecule has 0 amide bonds. The normalized spacial score (nSPS) is 12.2. The van der Waals surface area contributed by atoms with Gasteiger partial charge in [-0.2, -0.15) is 11.8 Å². The van der Waals surface area contributed by atoms with Gasteiger partial charge in [-0.25, -0.2) is 9.18 Å². The van der Waals surface area contributed by atoms with E-state index >= 15 is 0 Å². The van der Waals surface area contributed by atoms with E-state index in [-0.39, 0.29) is 11.7 Å². The quantitative estimate of drug-likeness (QED) is 0.787. The molecule has 0 aliphatic carbocycles. The summed E-state index contributed by atoms with van der Waals surface area (Å²) < 4.78 is 13.7. The number of anilines is 2. The average Bonchev–Trinajstić information content (AvgIpc) is 2.36. The van der Waals surface area contributed by atoms with Gasteiger partial charge in [0.1, 0.15) is 5.82 Å². The van der Waals surface area contributed by atoms with E-state index in [9.17, 15) is 9.18 Å². The van der Waals surface area contributed by atoms with Crippen LogP contribution >= 0.6 is 11.8 Å². The Kier molecular flexibility index (Phi) is 5.47. The fourth-order valence-electron chi connectivity index (χ4n) is 1.77. The maximum Gasteiger partial charge on any atom is 0.338 e. The summed E-state index contributed by atoms with van der Waals surface area (Å²) in [6, 6.07) is 2.56. The second-order valence-electron chi connectivity index (χ2n) is 4.44. The predicted molar refractivity (Wildman–Crippen MR) is 78.6 cm³/mol. The van der Waals surface area contributed by atoms with Crippen molar-refractivity contribution in [3.63, 3.8) is 0 Å². The number of carboxylic acid groups (broad SMARTS) is 1. The molecule has 3 N–H and O–H groups in total. The number of hydrogen-bond acceptors (Lipinski definition) is 4. The number of rotatable bonds is 6. The van der Waals surface area contributed by atoms with Crippen LogP contribution in [0.2, 0.25) is 0 Å². The Morgan fingerprint density at radius 1 is 1.58 bits per heavy atom. The van der Waals surface area contributed by atoms with E-state index in [0.29, 0.717) is 5.69 Å². The molecule has 0 heterocycles. The van der Waals surface area contributed by atoms with Gasteiger partial charge in [0.2, 0.25) is 0 Å². The summed E-state index contributed by atoms with van der Waals surface area (Å²) in [5.41, 5.74) is 6.22. The molecule has 19 heavy (non-hydrogen) atoms. The number of benzene rings is 1. The smallest absolute Gasteiger partial charge is 0.338 e. The number of hydrogen-bond donors (Lipinski definition) is 2. The van der Waals surface area contributed by atoms with E-state index in [1.165, 1.54) is 12.1 Å². The number of nitrogens with two attached hydrogens (primary N) is 1. The number of thioether (sulfide) groups is 1. The van der Waals surface area contributed by atoms with Crippen molar-refractivity contribution < 1.29 is 14.3 Å². The van der Waals surface area contributed by atoms with Crippen LogP contribution in [-0.2, 0) is 0 Å². The number of aromatic carboxylic acids is 1. The highest BCUT2D eigenvalue weighted by atomic mass is 32.2. The lowest BCUT2D eigenvalue weighted by molar-refractivity contribution is 0.0692. The van der Waals surface area contributed by atoms with Gasteiger partial charge >= 0.3 is 5.97 Å². The molecule has 4 nitrogen and oxygen atoms in total. The standard InChI is InChI=1S/C13H19FN2O2S/c1-8(4-5-19-3)16(2)12-7-10(14)9(13(17)18)6-11(12)15/h6-8H,4-5,15H2,1-3H3,(H,17,18). The summed E-state index contributed by atoms with van der Waals surface area (Å²) in [5, 5.41) is 8.83. The lowest BCUT2D eigenvalue weighted by atomic mass is 10.1. The minimum atomic E-state index is -1.31. The SMILES string of the molecule is CSCCC(C)N(C)c1cc(F)c(C(=O)O)cc1N. The molecular formula is C13H19FN2O2S. The lowest BCUT2D eigenvalue weighted by Gasteiger charge is -2.28. The van der Waals surface area contributed by atoms with Gasteiger partial charge in [0, 0.05) is 19.2 Å². The largest absolute Gasteiger partial charge is 0.478 e. The van der Waals surface area contributed by atoms with Crippen molar-refractivity contribution in [3.8, 4) is 0 Å². The van der Waals surface area contributed by atoms with Crippen LogP contribution in [0.5, 0.6) is 0 Å². The van der Waals surface area contributed by atoms with Gasteiger partial charge in [-0.15, -0.1) is 0 Å². The number of nitrogens with zero attached hydrogens (tertiary/aromatic N) is 1. The van der Waals surface area contributed by atoms with Crippen molar-refractivity contribution in [2.75, 3.05) is 29.7 Å². The fourth-order valence-corrected chi connectivity index (χ4v) is 2.35. The van der Waals surface area contributed by atoms with Crippen LogP contribution in [0.25, 0.3) is 0 Å². The fraction of sp³-hybridized carbons (Fsp3) is 0.462. The molecule has 0 saturated heterocycles. The van der Waals surface area contributed by atoms with Gasteiger partial charge in [-0.1, -0.05) is 0 Å². The van der Waals surface area contributed by atoms with E-state index in [1.54, 1.807) is 11.8 Å². The van der Waals surface area contributed by atoms with Gasteiger partial charge in [0.15, 0.2) is 0 Å². The summed E-state index contributed by atoms with van der Waals surface area (Å²) in [6.07, 6.45) is 2.97. The van der Waals surface area contributed by atoms with Crippen LogP contribution in [0, 0.1) is 5.82 Å². The Bertz CT molecular complexity index is 468. The monoisotopic (exact) mass is 286 g/mol. The highest BCUT2D eigenvalue weighted by molar-refractivity contribution is 7.98. The molecule has 0 spiro atoms. The highest BCUT2D eigenvalue weighted by Gasteiger charge is 2.18. The maximum absolute atomic E-state index is 13.7. The van der Waals surface area contributed by atoms with Gasteiger partial charge < -0.3 is 15.7 Å². The summed E-state index contributed by atoms with van der Waals surface area (Å²) in [7, 11) is 1.83. The first-order valence-corrected chi connectivity index (χ1v) is 7.32. The second kappa shape index (κ2) is 6.65. The Morgan fingerprint density at radius 3 is 2.74 bits per heavy atom. The zero-order valence-electron chi connectivity index (χ0n) is 11.3. The predicted octanol–water partition coefficient (Wildman–Crippen LogP) is 2.68. The summed E-state index contributed by atoms with van der Waals surface area (Å²) in [4.78, 5) is 12.7. The number of carbonyl (C=O) groups is 1. The highest BCUT2D eigenvalue weighted by Crippen LogP contribution is 2.28. The molecule has 0 aliphatic rings. The molecule has 1 aromatic rings. The molecule has 106 valence electrons. The van der Waals surface area contributed by atoms with Crippen molar-refractivity contribution in [2.45, 2.75) is 19.4 Å². The van der Waals surface area contributed by atoms with Crippen molar-refractivity contribution in [1.82, 2.24) is 0 Å². The molecule has 0 radical (unpaired) electrons. The van der Waals surface area contributed by atoms with Gasteiger partial charge in [-0.3, -0.25) is 0 Å². The summed E-state index contributed by atoms with van der Waals surface area (Å²) in [5.74, 6) is -1.07. The third-order valence-electron chi connectivity index (χ3n) is 3.13. The van der Waals surface area contributed by atoms with Crippen LogP contribution in [0.1, 0.15) is 23.7 Å². The zero-order valence-corrected chi connectivity index (χ0v) is 12.1. The van der Waals surface area contributed by atoms with Crippen molar-refractivity contribution in [3.05, 3.63) is 23.5 Å². The molecule has 1 atom stereocenters. The van der Waals surface area contributed by atoms with E-state index in [1.807, 2.05) is 25.1 Å². The van der Waals surface area contributed by atoms with Crippen LogP contribution in [0.4, 0.5) is 15.8 Å². The molecule has 0 aliphatic heterocycles. The zero-order chi connectivity index (χ0) is 14.6. The average molecular weight is 286 g/mol. The molecule has 0 saturated carbocycles. The Labute approximate surface area is 116 Å². The first-order valence-electron chi connectivity index (χ1n) is 5.92. The van der Waals surface area contributed by atoms with E-state index in [2.05, 4.69) is 0 Å². The number of carboxylic acids is 1. The first-order chi connectivity index (χ1) is 8.88. The lowest BCUT2D eigenvalue weighted by Crippen LogP contribution is -2.30. The van der Waals surface area contributed by atoms with Crippen LogP contribution in [0.15, 0.2) is 12.1 Å². The van der Waals surface area contributed by atoms with Gasteiger partial charge in [-0.05, 0) is 31.4 Å². The molecule has 6 heteroatoms. The first kappa shape index (κ1) is 15.6. The summed E-state index contributed by atoms with van der Waals surface area (Å²) in [6.45, 7) is 2.03. The Hall–Kier alpha value is -1.43. The van der Waals surface area contributed by atoms with Crippen LogP contribution in [0.3, 0.4) is 0 Å². The van der Waals surface area contributed by atoms with E-state index < -0.39 is 17.3 Å². The minimum absolute atomic E-state index is 0.199. The van der Waals surface area contributed by atoms with Crippen LogP contribution < -0.4 is 10.6 Å². The molecule has 0 fully saturated rings. The van der Waals surface area contributed by atoms with Crippen molar-refractivity contribution >= 4 is 29.1 Å². The third-order valence-corrected chi connectivity index (χ3v) is 3.77. The minimum Gasteiger partial charge on any atom is -0.478 e. The number of halogens is 1. The topological polar surface area (TPSA) is 66.6 Å². The van der Waals surface area contributed by atoms with Crippen molar-refractivity contribution in [1.29, 1.82) is 0 Å². The molecule has 1 aromatic carbocycles. The molecular weight excluding hydrogens is 267 g/mol. The Morgan fingerprint density at radius 2 is 2.21 bits per heavy atom. The molecule has 1 rings (SSSR count). The Balaban J connectivity index is 3.01. The summed E-state index contributed by atoms with van der Waals surface area (Å²) >= 11 is 1.75. The molecule has 0 aromatic heterocycles. The third kappa shape index (κ3) is 3.76. The maximum atomic E-state index is 13.7. The van der Waals surface area contributed by atoms with Gasteiger partial charge in [0.05, 0.1) is 16.9 Å². The van der Waals surface area contributed by atoms with Crippen molar-refractivity contribution in [2.24, 2.45) is 0 Å². The van der Waals surface area contributed by atoms with E-state index in [4.69, 9.17) is 10.8 Å². The number of nitrogen functional groups attached to an aromatic ring is 1. The van der Waals surface area contributed by atoms with Crippen LogP contribution in [-0.4, -0.2) is 36.2 Å². The van der Waals surface area contributed by atoms with Gasteiger partial charge in [0.25, 0.3) is 0 Å². The molecule has 0 bridgehead atoms.